The van der Waals surface area contributed by atoms with Crippen LogP contribution in [0, 0.1) is 12.7 Å². The Balaban J connectivity index is 3.08. The Hall–Kier alpha value is -0.700. The molecule has 1 rings (SSSR count). The molecule has 70 valence electrons. The van der Waals surface area contributed by atoms with Crippen molar-refractivity contribution in [2.45, 2.75) is 18.7 Å². The van der Waals surface area contributed by atoms with Crippen molar-refractivity contribution in [2.75, 3.05) is 0 Å². The normalized spacial score (nSPS) is 12.6. The molecule has 0 bridgehead atoms. The zero-order chi connectivity index (χ0) is 10.0. The zero-order valence-electron chi connectivity index (χ0n) is 7.47. The maximum atomic E-state index is 12.7. The standard InChI is InChI=1S/C10H10BrFO/c1-6-5-8(12)3-4-9(6)10(11)7(2)13/h3-5,10H,1-2H3. The molecule has 0 fully saturated rings. The maximum Gasteiger partial charge on any atom is 0.147 e. The highest BCUT2D eigenvalue weighted by atomic mass is 79.9. The lowest BCUT2D eigenvalue weighted by atomic mass is 10.0. The van der Waals surface area contributed by atoms with E-state index in [9.17, 15) is 9.18 Å². The number of halogens is 2. The third kappa shape index (κ3) is 2.37. The van der Waals surface area contributed by atoms with Gasteiger partial charge in [0.2, 0.25) is 0 Å². The molecular formula is C10H10BrFO. The molecule has 0 aliphatic carbocycles. The van der Waals surface area contributed by atoms with Crippen molar-refractivity contribution in [2.24, 2.45) is 0 Å². The van der Waals surface area contributed by atoms with Gasteiger partial charge in [-0.05, 0) is 37.1 Å². The highest BCUT2D eigenvalue weighted by Gasteiger charge is 2.14. The fourth-order valence-electron chi connectivity index (χ4n) is 1.14. The van der Waals surface area contributed by atoms with Gasteiger partial charge in [0.15, 0.2) is 0 Å². The molecular weight excluding hydrogens is 235 g/mol. The van der Waals surface area contributed by atoms with Crippen LogP contribution in [-0.2, 0) is 4.79 Å². The van der Waals surface area contributed by atoms with Crippen LogP contribution in [0.15, 0.2) is 18.2 Å². The third-order valence-corrected chi connectivity index (χ3v) is 3.00. The number of benzene rings is 1. The van der Waals surface area contributed by atoms with Crippen molar-refractivity contribution in [1.82, 2.24) is 0 Å². The van der Waals surface area contributed by atoms with E-state index in [0.29, 0.717) is 0 Å². The molecule has 0 amide bonds. The van der Waals surface area contributed by atoms with E-state index in [2.05, 4.69) is 15.9 Å². The van der Waals surface area contributed by atoms with Crippen LogP contribution in [0.5, 0.6) is 0 Å². The number of aryl methyl sites for hydroxylation is 1. The topological polar surface area (TPSA) is 17.1 Å². The predicted molar refractivity (Wildman–Crippen MR) is 53.5 cm³/mol. The smallest absolute Gasteiger partial charge is 0.147 e. The van der Waals surface area contributed by atoms with E-state index in [1.165, 1.54) is 19.1 Å². The number of hydrogen-bond donors (Lipinski definition) is 0. The molecule has 0 aliphatic rings. The van der Waals surface area contributed by atoms with E-state index >= 15 is 0 Å². The van der Waals surface area contributed by atoms with Gasteiger partial charge >= 0.3 is 0 Å². The molecule has 0 N–H and O–H groups in total. The van der Waals surface area contributed by atoms with Gasteiger partial charge in [0.05, 0.1) is 4.83 Å². The van der Waals surface area contributed by atoms with Crippen LogP contribution in [0.2, 0.25) is 0 Å². The van der Waals surface area contributed by atoms with Crippen molar-refractivity contribution >= 4 is 21.7 Å². The molecule has 3 heteroatoms. The lowest BCUT2D eigenvalue weighted by molar-refractivity contribution is -0.116. The lowest BCUT2D eigenvalue weighted by Gasteiger charge is -2.09. The fraction of sp³-hybridized carbons (Fsp3) is 0.300. The van der Waals surface area contributed by atoms with Gasteiger partial charge in [-0.2, -0.15) is 0 Å². The van der Waals surface area contributed by atoms with Crippen molar-refractivity contribution in [3.63, 3.8) is 0 Å². The van der Waals surface area contributed by atoms with Gasteiger partial charge in [-0.1, -0.05) is 22.0 Å². The number of rotatable bonds is 2. The third-order valence-electron chi connectivity index (χ3n) is 1.86. The Kier molecular flexibility index (Phi) is 3.20. The summed E-state index contributed by atoms with van der Waals surface area (Å²) in [6.07, 6.45) is 0. The van der Waals surface area contributed by atoms with Crippen LogP contribution in [0.1, 0.15) is 22.9 Å². The summed E-state index contributed by atoms with van der Waals surface area (Å²) in [5.74, 6) is -0.251. The molecule has 0 saturated carbocycles. The molecule has 0 heterocycles. The molecule has 1 aromatic carbocycles. The molecule has 0 saturated heterocycles. The Morgan fingerprint density at radius 2 is 2.15 bits per heavy atom. The van der Waals surface area contributed by atoms with E-state index in [1.807, 2.05) is 0 Å². The summed E-state index contributed by atoms with van der Waals surface area (Å²) in [5, 5.41) is 0. The van der Waals surface area contributed by atoms with Gasteiger partial charge < -0.3 is 0 Å². The van der Waals surface area contributed by atoms with Crippen molar-refractivity contribution in [3.05, 3.63) is 35.1 Å². The number of hydrogen-bond acceptors (Lipinski definition) is 1. The van der Waals surface area contributed by atoms with Crippen LogP contribution in [0.4, 0.5) is 4.39 Å². The molecule has 0 aliphatic heterocycles. The average molecular weight is 245 g/mol. The largest absolute Gasteiger partial charge is 0.298 e. The Morgan fingerprint density at radius 1 is 1.54 bits per heavy atom. The molecule has 0 spiro atoms. The van der Waals surface area contributed by atoms with Gasteiger partial charge in [0.25, 0.3) is 0 Å². The second-order valence-corrected chi connectivity index (χ2v) is 3.89. The first-order valence-electron chi connectivity index (χ1n) is 3.93. The molecule has 1 atom stereocenters. The first-order valence-corrected chi connectivity index (χ1v) is 4.84. The lowest BCUT2D eigenvalue weighted by Crippen LogP contribution is -2.03. The minimum Gasteiger partial charge on any atom is -0.298 e. The summed E-state index contributed by atoms with van der Waals surface area (Å²) in [4.78, 5) is 10.7. The maximum absolute atomic E-state index is 12.7. The van der Waals surface area contributed by atoms with Crippen molar-refractivity contribution in [1.29, 1.82) is 0 Å². The van der Waals surface area contributed by atoms with Crippen LogP contribution in [0.3, 0.4) is 0 Å². The second-order valence-electron chi connectivity index (χ2n) is 2.97. The van der Waals surface area contributed by atoms with E-state index in [0.717, 1.165) is 11.1 Å². The molecule has 0 aromatic heterocycles. The van der Waals surface area contributed by atoms with E-state index in [-0.39, 0.29) is 16.4 Å². The number of carbonyl (C=O) groups excluding carboxylic acids is 1. The number of ketones is 1. The minimum atomic E-state index is -0.326. The summed E-state index contributed by atoms with van der Waals surface area (Å²) >= 11 is 3.25. The fourth-order valence-corrected chi connectivity index (χ4v) is 1.66. The van der Waals surface area contributed by atoms with Crippen molar-refractivity contribution in [3.8, 4) is 0 Å². The number of carbonyl (C=O) groups is 1. The van der Waals surface area contributed by atoms with E-state index < -0.39 is 0 Å². The van der Waals surface area contributed by atoms with Gasteiger partial charge in [-0.3, -0.25) is 4.79 Å². The highest BCUT2D eigenvalue weighted by Crippen LogP contribution is 2.26. The van der Waals surface area contributed by atoms with Gasteiger partial charge in [-0.25, -0.2) is 4.39 Å². The Labute approximate surface area is 85.1 Å². The SMILES string of the molecule is CC(=O)C(Br)c1ccc(F)cc1C. The van der Waals surface area contributed by atoms with Crippen LogP contribution in [0.25, 0.3) is 0 Å². The quantitative estimate of drug-likeness (QED) is 0.731. The summed E-state index contributed by atoms with van der Waals surface area (Å²) in [6, 6.07) is 4.41. The Bertz CT molecular complexity index is 336. The van der Waals surface area contributed by atoms with Gasteiger partial charge in [0, 0.05) is 0 Å². The zero-order valence-corrected chi connectivity index (χ0v) is 9.06. The summed E-state index contributed by atoms with van der Waals surface area (Å²) in [5.41, 5.74) is 1.62. The Morgan fingerprint density at radius 3 is 2.62 bits per heavy atom. The molecule has 0 radical (unpaired) electrons. The minimum absolute atomic E-state index is 0.0229. The van der Waals surface area contributed by atoms with Crippen LogP contribution >= 0.6 is 15.9 Å². The monoisotopic (exact) mass is 244 g/mol. The molecule has 13 heavy (non-hydrogen) atoms. The number of alkyl halides is 1. The van der Waals surface area contributed by atoms with Gasteiger partial charge in [-0.15, -0.1) is 0 Å². The molecule has 1 aromatic rings. The van der Waals surface area contributed by atoms with Crippen LogP contribution in [-0.4, -0.2) is 5.78 Å². The molecule has 1 unspecified atom stereocenters. The first-order chi connectivity index (χ1) is 6.02. The average Bonchev–Trinajstić information content (AvgIpc) is 2.03. The summed E-state index contributed by atoms with van der Waals surface area (Å²) in [7, 11) is 0. The van der Waals surface area contributed by atoms with Crippen LogP contribution < -0.4 is 0 Å². The van der Waals surface area contributed by atoms with Crippen molar-refractivity contribution < 1.29 is 9.18 Å². The predicted octanol–water partition coefficient (Wildman–Crippen LogP) is 3.16. The summed E-state index contributed by atoms with van der Waals surface area (Å²) < 4.78 is 12.7. The van der Waals surface area contributed by atoms with Gasteiger partial charge in [0.1, 0.15) is 11.6 Å². The highest BCUT2D eigenvalue weighted by molar-refractivity contribution is 9.09. The summed E-state index contributed by atoms with van der Waals surface area (Å²) in [6.45, 7) is 3.29. The first kappa shape index (κ1) is 10.4. The van der Waals surface area contributed by atoms with E-state index in [4.69, 9.17) is 0 Å². The second kappa shape index (κ2) is 4.01. The number of Topliss-reactive ketones (excluding diaryl/α,β-unsaturated/α-hetero) is 1. The van der Waals surface area contributed by atoms with E-state index in [1.54, 1.807) is 13.0 Å². The molecule has 1 nitrogen and oxygen atoms in total.